The molecule has 0 saturated heterocycles. The van der Waals surface area contributed by atoms with Gasteiger partial charge in [-0.05, 0) is 54.4 Å². The first-order valence-electron chi connectivity index (χ1n) is 9.50. The zero-order valence-corrected chi connectivity index (χ0v) is 18.7. The van der Waals surface area contributed by atoms with Crippen molar-refractivity contribution >= 4 is 45.9 Å². The number of methoxy groups -OCH3 is 1. The number of rotatable bonds is 8. The van der Waals surface area contributed by atoms with Gasteiger partial charge in [-0.2, -0.15) is 0 Å². The molecule has 4 rings (SSSR count). The third-order valence-electron chi connectivity index (χ3n) is 4.71. The first kappa shape index (κ1) is 21.1. The number of halogens is 2. The predicted molar refractivity (Wildman–Crippen MR) is 123 cm³/mol. The van der Waals surface area contributed by atoms with Crippen molar-refractivity contribution in [3.63, 3.8) is 0 Å². The Balaban J connectivity index is 1.62. The summed E-state index contributed by atoms with van der Waals surface area (Å²) in [4.78, 5) is 4.53. The fourth-order valence-corrected chi connectivity index (χ4v) is 4.52. The zero-order valence-electron chi connectivity index (χ0n) is 16.4. The lowest BCUT2D eigenvalue weighted by molar-refractivity contribution is 0.189. The first-order valence-corrected chi connectivity index (χ1v) is 11.2. The van der Waals surface area contributed by atoms with Crippen LogP contribution in [0.15, 0.2) is 59.9 Å². The van der Waals surface area contributed by atoms with Crippen LogP contribution in [0.4, 0.5) is 0 Å². The summed E-state index contributed by atoms with van der Waals surface area (Å²) in [5.74, 6) is 1.54. The number of thioether (sulfide) groups is 1. The van der Waals surface area contributed by atoms with Crippen LogP contribution in [-0.4, -0.2) is 33.5 Å². The molecule has 4 aromatic rings. The third kappa shape index (κ3) is 4.62. The monoisotopic (exact) mass is 458 g/mol. The second-order valence-corrected chi connectivity index (χ2v) is 8.49. The van der Waals surface area contributed by atoms with Crippen LogP contribution >= 0.6 is 35.0 Å². The van der Waals surface area contributed by atoms with Crippen LogP contribution in [0.3, 0.4) is 0 Å². The van der Waals surface area contributed by atoms with E-state index < -0.39 is 0 Å². The average Bonchev–Trinajstić information content (AvgIpc) is 3.17. The molecule has 154 valence electrons. The van der Waals surface area contributed by atoms with Crippen molar-refractivity contribution in [2.75, 3.05) is 13.7 Å². The molecule has 2 aromatic heterocycles. The van der Waals surface area contributed by atoms with Gasteiger partial charge in [-0.15, -0.1) is 10.2 Å². The summed E-state index contributed by atoms with van der Waals surface area (Å²) >= 11 is 14.0. The molecule has 5 nitrogen and oxygen atoms in total. The van der Waals surface area contributed by atoms with Crippen LogP contribution in [0.5, 0.6) is 0 Å². The Morgan fingerprint density at radius 3 is 2.67 bits per heavy atom. The van der Waals surface area contributed by atoms with Gasteiger partial charge in [-0.25, -0.2) is 0 Å². The molecule has 8 heteroatoms. The topological polar surface area (TPSA) is 52.8 Å². The van der Waals surface area contributed by atoms with Crippen molar-refractivity contribution < 1.29 is 4.74 Å². The Hall–Kier alpha value is -2.12. The van der Waals surface area contributed by atoms with Gasteiger partial charge in [0.2, 0.25) is 0 Å². The van der Waals surface area contributed by atoms with Crippen LogP contribution in [0.1, 0.15) is 12.0 Å². The molecule has 0 aliphatic heterocycles. The quantitative estimate of drug-likeness (QED) is 0.234. The van der Waals surface area contributed by atoms with E-state index in [9.17, 15) is 0 Å². The van der Waals surface area contributed by atoms with Gasteiger partial charge in [0.1, 0.15) is 0 Å². The van der Waals surface area contributed by atoms with E-state index in [-0.39, 0.29) is 0 Å². The number of hydrogen-bond acceptors (Lipinski definition) is 5. The molecule has 2 aromatic carbocycles. The zero-order chi connectivity index (χ0) is 20.9. The van der Waals surface area contributed by atoms with Gasteiger partial charge in [-0.1, -0.05) is 41.0 Å². The number of ether oxygens (including phenoxy) is 1. The third-order valence-corrected chi connectivity index (χ3v) is 6.30. The van der Waals surface area contributed by atoms with Crippen LogP contribution in [0, 0.1) is 0 Å². The minimum atomic E-state index is 0.675. The molecule has 30 heavy (non-hydrogen) atoms. The van der Waals surface area contributed by atoms with Crippen LogP contribution in [0.2, 0.25) is 10.0 Å². The van der Waals surface area contributed by atoms with Gasteiger partial charge < -0.3 is 9.30 Å². The van der Waals surface area contributed by atoms with Gasteiger partial charge in [0, 0.05) is 53.2 Å². The van der Waals surface area contributed by atoms with Crippen LogP contribution in [0.25, 0.3) is 22.3 Å². The smallest absolute Gasteiger partial charge is 0.191 e. The van der Waals surface area contributed by atoms with Crippen molar-refractivity contribution in [2.24, 2.45) is 0 Å². The Morgan fingerprint density at radius 1 is 1.03 bits per heavy atom. The summed E-state index contributed by atoms with van der Waals surface area (Å²) in [5.41, 5.74) is 3.01. The second-order valence-electron chi connectivity index (χ2n) is 6.71. The van der Waals surface area contributed by atoms with Crippen molar-refractivity contribution in [2.45, 2.75) is 23.9 Å². The lowest BCUT2D eigenvalue weighted by atomic mass is 10.1. The maximum absolute atomic E-state index is 6.33. The molecule has 0 unspecified atom stereocenters. The van der Waals surface area contributed by atoms with E-state index in [1.165, 1.54) is 0 Å². The summed E-state index contributed by atoms with van der Waals surface area (Å²) in [6, 6.07) is 15.5. The van der Waals surface area contributed by atoms with Gasteiger partial charge in [0.25, 0.3) is 0 Å². The largest absolute Gasteiger partial charge is 0.385 e. The minimum Gasteiger partial charge on any atom is -0.385 e. The molecule has 0 fully saturated rings. The maximum atomic E-state index is 6.33. The molecule has 0 spiro atoms. The minimum absolute atomic E-state index is 0.675. The van der Waals surface area contributed by atoms with Crippen molar-refractivity contribution in [3.8, 4) is 11.4 Å². The number of aromatic nitrogens is 4. The van der Waals surface area contributed by atoms with E-state index in [2.05, 4.69) is 19.7 Å². The lowest BCUT2D eigenvalue weighted by Gasteiger charge is -2.11. The predicted octanol–water partition coefficient (Wildman–Crippen LogP) is 6.13. The standard InChI is InChI=1S/C22H20Cl2N4OS/c1-29-13-3-12-28-21(15-5-8-17(23)9-6-15)26-27-22(28)30-14-16-7-10-19(24)18-4-2-11-25-20(16)18/h2,4-11H,3,12-14H2,1H3. The molecule has 0 saturated carbocycles. The van der Waals surface area contributed by atoms with Crippen molar-refractivity contribution in [3.05, 3.63) is 70.3 Å². The number of hydrogen-bond donors (Lipinski definition) is 0. The van der Waals surface area contributed by atoms with Gasteiger partial charge in [0.15, 0.2) is 11.0 Å². The van der Waals surface area contributed by atoms with E-state index in [4.69, 9.17) is 27.9 Å². The van der Waals surface area contributed by atoms with E-state index in [0.29, 0.717) is 22.4 Å². The highest BCUT2D eigenvalue weighted by atomic mass is 35.5. The fraction of sp³-hybridized carbons (Fsp3) is 0.227. The first-order chi connectivity index (χ1) is 14.7. The van der Waals surface area contributed by atoms with E-state index in [0.717, 1.165) is 46.0 Å². The Labute approximate surface area is 189 Å². The number of benzene rings is 2. The fourth-order valence-electron chi connectivity index (χ4n) is 3.23. The average molecular weight is 459 g/mol. The number of fused-ring (bicyclic) bond motifs is 1. The van der Waals surface area contributed by atoms with E-state index in [1.807, 2.05) is 48.5 Å². The van der Waals surface area contributed by atoms with Gasteiger partial charge >= 0.3 is 0 Å². The molecular weight excluding hydrogens is 439 g/mol. The second kappa shape index (κ2) is 9.79. The van der Waals surface area contributed by atoms with Crippen LogP contribution < -0.4 is 0 Å². The van der Waals surface area contributed by atoms with Gasteiger partial charge in [0.05, 0.1) is 5.52 Å². The van der Waals surface area contributed by atoms with Crippen LogP contribution in [-0.2, 0) is 17.0 Å². The Morgan fingerprint density at radius 2 is 1.87 bits per heavy atom. The van der Waals surface area contributed by atoms with Gasteiger partial charge in [-0.3, -0.25) is 4.98 Å². The SMILES string of the molecule is COCCCn1c(SCc2ccc(Cl)c3cccnc23)nnc1-c1ccc(Cl)cc1. The Kier molecular flexibility index (Phi) is 6.89. The molecule has 0 aliphatic rings. The highest BCUT2D eigenvalue weighted by Gasteiger charge is 2.15. The molecular formula is C22H20Cl2N4OS. The molecule has 0 bridgehead atoms. The highest BCUT2D eigenvalue weighted by Crippen LogP contribution is 2.31. The van der Waals surface area contributed by atoms with Crippen molar-refractivity contribution in [1.82, 2.24) is 19.7 Å². The summed E-state index contributed by atoms with van der Waals surface area (Å²) in [6.45, 7) is 1.44. The summed E-state index contributed by atoms with van der Waals surface area (Å²) in [5, 5.41) is 12.1. The number of nitrogens with zero attached hydrogens (tertiary/aromatic N) is 4. The Bertz CT molecular complexity index is 1150. The van der Waals surface area contributed by atoms with E-state index >= 15 is 0 Å². The summed E-state index contributed by atoms with van der Waals surface area (Å²) in [7, 11) is 1.71. The highest BCUT2D eigenvalue weighted by molar-refractivity contribution is 7.98. The molecule has 2 heterocycles. The summed E-state index contributed by atoms with van der Waals surface area (Å²) in [6.07, 6.45) is 2.66. The molecule has 0 amide bonds. The lowest BCUT2D eigenvalue weighted by Crippen LogP contribution is -2.05. The molecule has 0 aliphatic carbocycles. The molecule has 0 atom stereocenters. The molecule has 0 radical (unpaired) electrons. The summed E-state index contributed by atoms with van der Waals surface area (Å²) < 4.78 is 7.37. The normalized spacial score (nSPS) is 11.3. The maximum Gasteiger partial charge on any atom is 0.191 e. The molecule has 0 N–H and O–H groups in total. The van der Waals surface area contributed by atoms with E-state index in [1.54, 1.807) is 25.1 Å². The van der Waals surface area contributed by atoms with Crippen molar-refractivity contribution in [1.29, 1.82) is 0 Å². The number of pyridine rings is 1.